The molecule has 0 N–H and O–H groups in total. The molecule has 0 amide bonds. The summed E-state index contributed by atoms with van der Waals surface area (Å²) in [6.07, 6.45) is 51.9. The van der Waals surface area contributed by atoms with Crippen LogP contribution in [0.25, 0.3) is 0 Å². The molecule has 0 saturated heterocycles. The summed E-state index contributed by atoms with van der Waals surface area (Å²) in [5.74, 6) is -0.330. The Morgan fingerprint density at radius 1 is 0.517 bits per heavy atom. The minimum Gasteiger partial charge on any atom is -0.756 e. The molecule has 0 aliphatic heterocycles. The largest absolute Gasteiger partial charge is 0.756 e. The van der Waals surface area contributed by atoms with Crippen molar-refractivity contribution in [1.29, 1.82) is 0 Å². The summed E-state index contributed by atoms with van der Waals surface area (Å²) < 4.78 is 34.7. The van der Waals surface area contributed by atoms with Gasteiger partial charge >= 0.3 is 5.97 Å². The molecule has 0 saturated carbocycles. The second-order valence-corrected chi connectivity index (χ2v) is 19.9. The molecule has 60 heavy (non-hydrogen) atoms. The highest BCUT2D eigenvalue weighted by Gasteiger charge is 2.20. The lowest BCUT2D eigenvalue weighted by molar-refractivity contribution is -0.870. The molecule has 0 aliphatic rings. The summed E-state index contributed by atoms with van der Waals surface area (Å²) in [6, 6.07) is 0. The minimum absolute atomic E-state index is 0.0279. The quantitative estimate of drug-likeness (QED) is 0.0198. The van der Waals surface area contributed by atoms with Gasteiger partial charge in [-0.2, -0.15) is 0 Å². The molecule has 0 aromatic carbocycles. The Bertz CT molecular complexity index is 1010. The number of likely N-dealkylation sites (N-methyl/N-ethyl adjacent to an activating group) is 1. The van der Waals surface area contributed by atoms with E-state index in [1.807, 2.05) is 21.1 Å². The van der Waals surface area contributed by atoms with Crippen molar-refractivity contribution < 1.29 is 37.3 Å². The fraction of sp³-hybridized carbons (Fsp3) is 0.902. The lowest BCUT2D eigenvalue weighted by Crippen LogP contribution is -2.37. The Labute approximate surface area is 373 Å². The number of carbonyl (C=O) groups excluding carboxylic acids is 1. The highest BCUT2D eigenvalue weighted by Crippen LogP contribution is 2.38. The van der Waals surface area contributed by atoms with Gasteiger partial charge in [0.05, 0.1) is 34.4 Å². The van der Waals surface area contributed by atoms with Crippen molar-refractivity contribution in [2.75, 3.05) is 54.1 Å². The number of quaternary nitrogens is 1. The standard InChI is InChI=1S/C51H100NO7P/c1-6-8-10-12-14-16-18-20-22-24-25-26-27-28-29-31-33-35-37-39-41-43-46-56-48-50(49-58-60(54,55)57-47-45-52(3,4)5)59-51(53)44-42-40-38-36-34-32-30-23-21-19-17-15-13-11-9-7-2/h18,20,24-25,50H,6-17,19,21-23,26-49H2,1-5H3/b20-18-,25-24-. The maximum Gasteiger partial charge on any atom is 0.306 e. The second kappa shape index (κ2) is 44.6. The van der Waals surface area contributed by atoms with Crippen LogP contribution < -0.4 is 4.89 Å². The van der Waals surface area contributed by atoms with E-state index in [9.17, 15) is 14.3 Å². The van der Waals surface area contributed by atoms with Crippen LogP contribution in [0, 0.1) is 0 Å². The molecular formula is C51H100NO7P. The minimum atomic E-state index is -4.53. The molecule has 0 aliphatic carbocycles. The Balaban J connectivity index is 4.11. The van der Waals surface area contributed by atoms with Crippen LogP contribution in [-0.2, 0) is 27.9 Å². The number of unbranched alkanes of at least 4 members (excludes halogenated alkanes) is 30. The van der Waals surface area contributed by atoms with E-state index in [2.05, 4.69) is 38.2 Å². The molecule has 0 aromatic heterocycles. The van der Waals surface area contributed by atoms with Crippen molar-refractivity contribution in [3.63, 3.8) is 0 Å². The molecule has 0 bridgehead atoms. The van der Waals surface area contributed by atoms with Gasteiger partial charge in [0.25, 0.3) is 7.82 Å². The number of allylic oxidation sites excluding steroid dienone is 4. The van der Waals surface area contributed by atoms with Gasteiger partial charge in [0.1, 0.15) is 19.3 Å². The molecule has 2 atom stereocenters. The molecule has 2 unspecified atom stereocenters. The zero-order chi connectivity index (χ0) is 44.1. The number of carbonyl (C=O) groups is 1. The third kappa shape index (κ3) is 48.0. The summed E-state index contributed by atoms with van der Waals surface area (Å²) in [6.45, 7) is 5.44. The predicted molar refractivity (Wildman–Crippen MR) is 254 cm³/mol. The fourth-order valence-electron chi connectivity index (χ4n) is 7.28. The molecule has 8 nitrogen and oxygen atoms in total. The van der Waals surface area contributed by atoms with Crippen LogP contribution in [0.4, 0.5) is 0 Å². The number of rotatable bonds is 48. The van der Waals surface area contributed by atoms with Crippen molar-refractivity contribution in [3.05, 3.63) is 24.3 Å². The first-order chi connectivity index (χ1) is 29.1. The molecule has 356 valence electrons. The number of phosphoric ester groups is 1. The van der Waals surface area contributed by atoms with E-state index in [-0.39, 0.29) is 25.8 Å². The lowest BCUT2D eigenvalue weighted by atomic mass is 10.0. The zero-order valence-electron chi connectivity index (χ0n) is 40.4. The lowest BCUT2D eigenvalue weighted by Gasteiger charge is -2.28. The summed E-state index contributed by atoms with van der Waals surface area (Å²) in [5, 5.41) is 0. The van der Waals surface area contributed by atoms with E-state index < -0.39 is 13.9 Å². The first-order valence-electron chi connectivity index (χ1n) is 25.6. The molecule has 9 heteroatoms. The van der Waals surface area contributed by atoms with Gasteiger partial charge in [-0.05, 0) is 44.9 Å². The molecule has 0 rings (SSSR count). The van der Waals surface area contributed by atoms with Crippen LogP contribution >= 0.6 is 7.82 Å². The van der Waals surface area contributed by atoms with E-state index in [0.29, 0.717) is 24.1 Å². The summed E-state index contributed by atoms with van der Waals surface area (Å²) in [4.78, 5) is 25.1. The zero-order valence-corrected chi connectivity index (χ0v) is 41.3. The van der Waals surface area contributed by atoms with E-state index in [1.165, 1.54) is 180 Å². The first-order valence-corrected chi connectivity index (χ1v) is 27.0. The van der Waals surface area contributed by atoms with Gasteiger partial charge in [-0.1, -0.05) is 212 Å². The van der Waals surface area contributed by atoms with Crippen molar-refractivity contribution in [3.8, 4) is 0 Å². The van der Waals surface area contributed by atoms with Gasteiger partial charge in [-0.3, -0.25) is 9.36 Å². The van der Waals surface area contributed by atoms with Crippen LogP contribution in [0.15, 0.2) is 24.3 Å². The molecule has 0 spiro atoms. The van der Waals surface area contributed by atoms with Crippen LogP contribution in [0.3, 0.4) is 0 Å². The van der Waals surface area contributed by atoms with Gasteiger partial charge in [-0.25, -0.2) is 0 Å². The third-order valence-corrected chi connectivity index (χ3v) is 12.2. The van der Waals surface area contributed by atoms with Gasteiger partial charge in [0.15, 0.2) is 0 Å². The predicted octanol–water partition coefficient (Wildman–Crippen LogP) is 14.9. The second-order valence-electron chi connectivity index (χ2n) is 18.5. The van der Waals surface area contributed by atoms with Crippen molar-refractivity contribution in [2.45, 2.75) is 245 Å². The first kappa shape index (κ1) is 59.0. The van der Waals surface area contributed by atoms with Crippen LogP contribution in [-0.4, -0.2) is 70.7 Å². The van der Waals surface area contributed by atoms with E-state index >= 15 is 0 Å². The monoisotopic (exact) mass is 870 g/mol. The molecule has 0 radical (unpaired) electrons. The highest BCUT2D eigenvalue weighted by molar-refractivity contribution is 7.45. The van der Waals surface area contributed by atoms with Gasteiger partial charge in [-0.15, -0.1) is 0 Å². The average molecular weight is 870 g/mol. The summed E-state index contributed by atoms with van der Waals surface area (Å²) >= 11 is 0. The number of nitrogens with zero attached hydrogens (tertiary/aromatic N) is 1. The van der Waals surface area contributed by atoms with Gasteiger partial charge in [0.2, 0.25) is 0 Å². The van der Waals surface area contributed by atoms with Gasteiger partial charge in [0, 0.05) is 13.0 Å². The Kier molecular flexibility index (Phi) is 43.8. The third-order valence-electron chi connectivity index (χ3n) is 11.3. The van der Waals surface area contributed by atoms with Gasteiger partial charge < -0.3 is 27.9 Å². The van der Waals surface area contributed by atoms with E-state index in [1.54, 1.807) is 0 Å². The smallest absolute Gasteiger partial charge is 0.306 e. The fourth-order valence-corrected chi connectivity index (χ4v) is 8.01. The molecule has 0 heterocycles. The van der Waals surface area contributed by atoms with E-state index in [0.717, 1.165) is 38.5 Å². The highest BCUT2D eigenvalue weighted by atomic mass is 31.2. The van der Waals surface area contributed by atoms with Crippen molar-refractivity contribution >= 4 is 13.8 Å². The summed E-state index contributed by atoms with van der Waals surface area (Å²) in [7, 11) is 1.37. The Hall–Kier alpha value is -1.02. The number of hydrogen-bond acceptors (Lipinski definition) is 7. The average Bonchev–Trinajstić information content (AvgIpc) is 3.20. The Morgan fingerprint density at radius 2 is 0.917 bits per heavy atom. The summed E-state index contributed by atoms with van der Waals surface area (Å²) in [5.41, 5.74) is 0. The van der Waals surface area contributed by atoms with Crippen molar-refractivity contribution in [1.82, 2.24) is 0 Å². The SMILES string of the molecule is CCCCCCC/C=C\C/C=C\CCCCCCCCCCCCOCC(COP(=O)([O-])OCC[N+](C)(C)C)OC(=O)CCCCCCCCCCCCCCCCCC. The Morgan fingerprint density at radius 3 is 1.35 bits per heavy atom. The molecular weight excluding hydrogens is 770 g/mol. The molecule has 0 fully saturated rings. The maximum atomic E-state index is 12.7. The van der Waals surface area contributed by atoms with Crippen LogP contribution in [0.1, 0.15) is 239 Å². The number of ether oxygens (including phenoxy) is 2. The maximum absolute atomic E-state index is 12.7. The van der Waals surface area contributed by atoms with Crippen molar-refractivity contribution in [2.24, 2.45) is 0 Å². The number of hydrogen-bond donors (Lipinski definition) is 0. The van der Waals surface area contributed by atoms with Crippen LogP contribution in [0.5, 0.6) is 0 Å². The van der Waals surface area contributed by atoms with Crippen LogP contribution in [0.2, 0.25) is 0 Å². The number of phosphoric acid groups is 1. The topological polar surface area (TPSA) is 94.1 Å². The molecule has 0 aromatic rings. The number of esters is 1. The van der Waals surface area contributed by atoms with E-state index in [4.69, 9.17) is 18.5 Å². The normalized spacial score (nSPS) is 13.8.